The van der Waals surface area contributed by atoms with E-state index in [0.717, 1.165) is 17.0 Å². The number of nitriles is 1. The molecule has 2 rings (SSSR count). The van der Waals surface area contributed by atoms with Crippen molar-refractivity contribution in [1.82, 2.24) is 9.88 Å². The van der Waals surface area contributed by atoms with Gasteiger partial charge in [-0.25, -0.2) is 4.39 Å². The van der Waals surface area contributed by atoms with Gasteiger partial charge in [0.15, 0.2) is 0 Å². The number of nitrogens with zero attached hydrogens (tertiary/aromatic N) is 2. The smallest absolute Gasteiger partial charge is 0.262 e. The Morgan fingerprint density at radius 1 is 1.36 bits per heavy atom. The molecule has 4 nitrogen and oxygen atoms in total. The van der Waals surface area contributed by atoms with E-state index in [-0.39, 0.29) is 16.6 Å². The van der Waals surface area contributed by atoms with Gasteiger partial charge in [0, 0.05) is 23.1 Å². The second-order valence-electron chi connectivity index (χ2n) is 6.06. The van der Waals surface area contributed by atoms with E-state index in [1.165, 1.54) is 6.07 Å². The number of aryl methyl sites for hydroxylation is 1. The van der Waals surface area contributed by atoms with Crippen molar-refractivity contribution in [3.63, 3.8) is 0 Å². The van der Waals surface area contributed by atoms with E-state index in [9.17, 15) is 14.4 Å². The molecule has 0 radical (unpaired) electrons. The van der Waals surface area contributed by atoms with Crippen molar-refractivity contribution in [1.29, 1.82) is 5.26 Å². The van der Waals surface area contributed by atoms with Crippen LogP contribution in [0.15, 0.2) is 29.8 Å². The molecule has 1 N–H and O–H groups in total. The summed E-state index contributed by atoms with van der Waals surface area (Å²) in [6.07, 6.45) is 1.56. The van der Waals surface area contributed by atoms with Crippen molar-refractivity contribution in [2.45, 2.75) is 33.7 Å². The molecule has 0 fully saturated rings. The Labute approximate surface area is 151 Å². The number of hydrogen-bond acceptors (Lipinski definition) is 2. The number of benzene rings is 1. The number of carbonyl (C=O) groups is 1. The van der Waals surface area contributed by atoms with Crippen molar-refractivity contribution in [3.05, 3.63) is 57.6 Å². The zero-order valence-corrected chi connectivity index (χ0v) is 15.3. The lowest BCUT2D eigenvalue weighted by molar-refractivity contribution is -0.117. The fourth-order valence-corrected chi connectivity index (χ4v) is 2.77. The molecular formula is C19H19ClFN3O. The van der Waals surface area contributed by atoms with Gasteiger partial charge in [-0.1, -0.05) is 11.6 Å². The van der Waals surface area contributed by atoms with Gasteiger partial charge in [0.25, 0.3) is 5.91 Å². The zero-order chi connectivity index (χ0) is 18.7. The molecule has 0 aliphatic heterocycles. The van der Waals surface area contributed by atoms with Gasteiger partial charge in [-0.05, 0) is 63.6 Å². The first-order valence-corrected chi connectivity index (χ1v) is 8.19. The lowest BCUT2D eigenvalue weighted by atomic mass is 10.1. The maximum atomic E-state index is 13.4. The summed E-state index contributed by atoms with van der Waals surface area (Å²) in [7, 11) is 0. The van der Waals surface area contributed by atoms with E-state index in [2.05, 4.69) is 5.32 Å². The van der Waals surface area contributed by atoms with Crippen LogP contribution in [-0.4, -0.2) is 16.5 Å². The molecule has 2 aromatic rings. The molecule has 0 bridgehead atoms. The molecule has 0 unspecified atom stereocenters. The summed E-state index contributed by atoms with van der Waals surface area (Å²) in [5, 5.41) is 12.0. The van der Waals surface area contributed by atoms with Crippen molar-refractivity contribution in [2.75, 3.05) is 0 Å². The lowest BCUT2D eigenvalue weighted by Crippen LogP contribution is -2.30. The van der Waals surface area contributed by atoms with Crippen LogP contribution in [0.3, 0.4) is 0 Å². The molecule has 0 saturated carbocycles. The molecule has 25 heavy (non-hydrogen) atoms. The number of aromatic nitrogens is 1. The molecule has 1 heterocycles. The minimum atomic E-state index is -0.481. The molecule has 1 aromatic carbocycles. The van der Waals surface area contributed by atoms with Crippen molar-refractivity contribution >= 4 is 23.6 Å². The maximum absolute atomic E-state index is 13.4. The number of carbonyl (C=O) groups excluding carboxylic acids is 1. The number of hydrogen-bond donors (Lipinski definition) is 1. The number of halogens is 2. The molecule has 0 aliphatic carbocycles. The summed E-state index contributed by atoms with van der Waals surface area (Å²) in [6, 6.07) is 8.23. The molecule has 1 aromatic heterocycles. The summed E-state index contributed by atoms with van der Waals surface area (Å²) in [5.74, 6) is -0.891. The van der Waals surface area contributed by atoms with Crippen molar-refractivity contribution < 1.29 is 9.18 Å². The Morgan fingerprint density at radius 3 is 2.60 bits per heavy atom. The summed E-state index contributed by atoms with van der Waals surface area (Å²) in [4.78, 5) is 12.1. The third-order valence-corrected chi connectivity index (χ3v) is 4.01. The Kier molecular flexibility index (Phi) is 5.66. The van der Waals surface area contributed by atoms with Crippen molar-refractivity contribution in [2.24, 2.45) is 0 Å². The first-order valence-electron chi connectivity index (χ1n) is 7.81. The molecule has 0 aliphatic rings. The summed E-state index contributed by atoms with van der Waals surface area (Å²) in [5.41, 5.74) is 3.20. The summed E-state index contributed by atoms with van der Waals surface area (Å²) in [6.45, 7) is 7.42. The Hall–Kier alpha value is -2.58. The first-order chi connectivity index (χ1) is 11.7. The van der Waals surface area contributed by atoms with Crippen LogP contribution in [-0.2, 0) is 4.79 Å². The van der Waals surface area contributed by atoms with Gasteiger partial charge in [-0.2, -0.15) is 5.26 Å². The van der Waals surface area contributed by atoms with Crippen LogP contribution < -0.4 is 5.32 Å². The fourth-order valence-electron chi connectivity index (χ4n) is 2.60. The van der Waals surface area contributed by atoms with E-state index >= 15 is 0 Å². The van der Waals surface area contributed by atoms with Crippen LogP contribution in [0.25, 0.3) is 11.8 Å². The number of rotatable bonds is 4. The monoisotopic (exact) mass is 359 g/mol. The largest absolute Gasteiger partial charge is 0.349 e. The summed E-state index contributed by atoms with van der Waals surface area (Å²) < 4.78 is 15.3. The van der Waals surface area contributed by atoms with Crippen LogP contribution >= 0.6 is 11.6 Å². The number of amides is 1. The molecule has 1 amide bonds. The Balaban J connectivity index is 2.48. The average molecular weight is 360 g/mol. The predicted molar refractivity (Wildman–Crippen MR) is 97.1 cm³/mol. The van der Waals surface area contributed by atoms with E-state index in [0.29, 0.717) is 5.69 Å². The molecule has 0 spiro atoms. The van der Waals surface area contributed by atoms with Gasteiger partial charge in [0.05, 0.1) is 5.02 Å². The molecule has 0 atom stereocenters. The highest BCUT2D eigenvalue weighted by molar-refractivity contribution is 6.30. The van der Waals surface area contributed by atoms with E-state index < -0.39 is 11.7 Å². The highest BCUT2D eigenvalue weighted by atomic mass is 35.5. The summed E-state index contributed by atoms with van der Waals surface area (Å²) >= 11 is 5.88. The minimum absolute atomic E-state index is 0.0334. The standard InChI is InChI=1S/C19H19ClFN3O/c1-11(2)23-19(25)15(10-22)8-14-7-12(3)24(13(14)4)16-5-6-18(21)17(20)9-16/h5-9,11H,1-4H3,(H,23,25)/b15-8-. The van der Waals surface area contributed by atoms with Gasteiger partial charge >= 0.3 is 0 Å². The fraction of sp³-hybridized carbons (Fsp3) is 0.263. The quantitative estimate of drug-likeness (QED) is 0.653. The second kappa shape index (κ2) is 7.54. The zero-order valence-electron chi connectivity index (χ0n) is 14.5. The third kappa shape index (κ3) is 4.09. The predicted octanol–water partition coefficient (Wildman–Crippen LogP) is 4.32. The number of nitrogens with one attached hydrogen (secondary N) is 1. The second-order valence-corrected chi connectivity index (χ2v) is 6.47. The van der Waals surface area contributed by atoms with Crippen LogP contribution in [0.2, 0.25) is 5.02 Å². The third-order valence-electron chi connectivity index (χ3n) is 3.72. The van der Waals surface area contributed by atoms with Crippen LogP contribution in [0.5, 0.6) is 0 Å². The van der Waals surface area contributed by atoms with E-state index in [1.54, 1.807) is 18.2 Å². The Bertz CT molecular complexity index is 891. The van der Waals surface area contributed by atoms with Gasteiger partial charge in [0.2, 0.25) is 0 Å². The highest BCUT2D eigenvalue weighted by Gasteiger charge is 2.15. The van der Waals surface area contributed by atoms with E-state index in [4.69, 9.17) is 11.6 Å². The molecular weight excluding hydrogens is 341 g/mol. The van der Waals surface area contributed by atoms with Gasteiger partial charge in [-0.3, -0.25) is 4.79 Å². The van der Waals surface area contributed by atoms with Gasteiger partial charge in [-0.15, -0.1) is 0 Å². The normalized spacial score (nSPS) is 11.5. The Morgan fingerprint density at radius 2 is 2.04 bits per heavy atom. The van der Waals surface area contributed by atoms with Crippen LogP contribution in [0.1, 0.15) is 30.8 Å². The maximum Gasteiger partial charge on any atom is 0.262 e. The molecule has 130 valence electrons. The van der Waals surface area contributed by atoms with Crippen LogP contribution in [0.4, 0.5) is 4.39 Å². The van der Waals surface area contributed by atoms with Gasteiger partial charge < -0.3 is 9.88 Å². The van der Waals surface area contributed by atoms with E-state index in [1.807, 2.05) is 44.4 Å². The van der Waals surface area contributed by atoms with Gasteiger partial charge in [0.1, 0.15) is 17.5 Å². The average Bonchev–Trinajstić information content (AvgIpc) is 2.81. The molecule has 6 heteroatoms. The highest BCUT2D eigenvalue weighted by Crippen LogP contribution is 2.25. The minimum Gasteiger partial charge on any atom is -0.349 e. The molecule has 0 saturated heterocycles. The van der Waals surface area contributed by atoms with Crippen LogP contribution in [0, 0.1) is 31.0 Å². The topological polar surface area (TPSA) is 57.8 Å². The lowest BCUT2D eigenvalue weighted by Gasteiger charge is -2.10. The first kappa shape index (κ1) is 18.8. The SMILES string of the molecule is Cc1cc(/C=C(/C#N)C(=O)NC(C)C)c(C)n1-c1ccc(F)c(Cl)c1. The van der Waals surface area contributed by atoms with Crippen molar-refractivity contribution in [3.8, 4) is 11.8 Å².